The number of nitrogen functional groups attached to an aromatic ring is 1. The molecule has 0 atom stereocenters. The minimum Gasteiger partial charge on any atom is -0.475 e. The van der Waals surface area contributed by atoms with Gasteiger partial charge in [0.1, 0.15) is 11.2 Å². The normalized spacial score (nSPS) is 11.3. The molecule has 3 aromatic heterocycles. The molecule has 0 bridgehead atoms. The van der Waals surface area contributed by atoms with Gasteiger partial charge in [-0.05, 0) is 53.9 Å². The van der Waals surface area contributed by atoms with Gasteiger partial charge in [-0.1, -0.05) is 0 Å². The number of aromatic amines is 2. The number of aromatic nitrogens is 4. The van der Waals surface area contributed by atoms with Gasteiger partial charge in [0.15, 0.2) is 5.95 Å². The molecular weight excluding hydrogens is 543 g/mol. The Kier molecular flexibility index (Phi) is 5.79. The molecule has 3 rings (SSSR count). The highest BCUT2D eigenvalue weighted by molar-refractivity contribution is 9.14. The van der Waals surface area contributed by atoms with Crippen LogP contribution in [0, 0.1) is 0 Å². The zero-order chi connectivity index (χ0) is 18.9. The van der Waals surface area contributed by atoms with Crippen molar-refractivity contribution in [2.75, 3.05) is 5.73 Å². The van der Waals surface area contributed by atoms with Gasteiger partial charge in [-0.3, -0.25) is 4.98 Å². The van der Waals surface area contributed by atoms with E-state index in [2.05, 4.69) is 67.7 Å². The van der Waals surface area contributed by atoms with Crippen molar-refractivity contribution < 1.29 is 23.1 Å². The molecule has 13 heteroatoms. The largest absolute Gasteiger partial charge is 0.490 e. The highest BCUT2D eigenvalue weighted by atomic mass is 79.9. The quantitative estimate of drug-likeness (QED) is 0.357. The molecular formula is C12H7Br3F3N5O2. The Balaban J connectivity index is 0.000000277. The van der Waals surface area contributed by atoms with Crippen LogP contribution in [0.15, 0.2) is 25.8 Å². The van der Waals surface area contributed by atoms with Crippen LogP contribution in [0.1, 0.15) is 0 Å². The number of nitrogens with zero attached hydrogens (tertiary/aromatic N) is 2. The number of hydrogen-bond acceptors (Lipinski definition) is 4. The molecule has 7 nitrogen and oxygen atoms in total. The summed E-state index contributed by atoms with van der Waals surface area (Å²) < 4.78 is 34.4. The minimum absolute atomic E-state index is 0.375. The minimum atomic E-state index is -5.08. The monoisotopic (exact) mass is 547 g/mol. The number of rotatable bonds is 1. The Labute approximate surface area is 162 Å². The Bertz CT molecular complexity index is 938. The number of hydrogen-bond donors (Lipinski definition) is 4. The third-order valence-corrected chi connectivity index (χ3v) is 5.98. The SMILES string of the molecule is Nc1nc2c(-c3[nH]c(Br)c(Br)c3Br)nccc2[nH]1.O=C(O)C(F)(F)F. The van der Waals surface area contributed by atoms with Crippen LogP contribution in [-0.4, -0.2) is 37.2 Å². The summed E-state index contributed by atoms with van der Waals surface area (Å²) in [4.78, 5) is 23.7. The lowest BCUT2D eigenvalue weighted by molar-refractivity contribution is -0.192. The summed E-state index contributed by atoms with van der Waals surface area (Å²) in [6.45, 7) is 0. The van der Waals surface area contributed by atoms with E-state index in [4.69, 9.17) is 15.6 Å². The summed E-state index contributed by atoms with van der Waals surface area (Å²) in [6.07, 6.45) is -3.37. The highest BCUT2D eigenvalue weighted by Crippen LogP contribution is 2.39. The van der Waals surface area contributed by atoms with E-state index in [0.29, 0.717) is 5.95 Å². The Morgan fingerprint density at radius 3 is 2.28 bits per heavy atom. The van der Waals surface area contributed by atoms with E-state index >= 15 is 0 Å². The number of H-pyrrole nitrogens is 2. The van der Waals surface area contributed by atoms with Crippen molar-refractivity contribution in [3.63, 3.8) is 0 Å². The molecule has 0 aliphatic rings. The van der Waals surface area contributed by atoms with E-state index in [1.807, 2.05) is 6.07 Å². The number of pyridine rings is 1. The molecule has 25 heavy (non-hydrogen) atoms. The van der Waals surface area contributed by atoms with Crippen molar-refractivity contribution in [1.29, 1.82) is 0 Å². The lowest BCUT2D eigenvalue weighted by atomic mass is 10.2. The number of aliphatic carboxylic acids is 1. The van der Waals surface area contributed by atoms with Crippen LogP contribution in [0.5, 0.6) is 0 Å². The summed E-state index contributed by atoms with van der Waals surface area (Å²) in [5.41, 5.74) is 8.84. The second-order valence-electron chi connectivity index (χ2n) is 4.42. The van der Waals surface area contributed by atoms with Gasteiger partial charge in [-0.15, -0.1) is 0 Å². The molecule has 5 N–H and O–H groups in total. The Morgan fingerprint density at radius 2 is 1.80 bits per heavy atom. The van der Waals surface area contributed by atoms with Crippen molar-refractivity contribution in [2.24, 2.45) is 0 Å². The average Bonchev–Trinajstić information content (AvgIpc) is 3.01. The first-order valence-electron chi connectivity index (χ1n) is 6.15. The lowest BCUT2D eigenvalue weighted by Gasteiger charge is -1.99. The van der Waals surface area contributed by atoms with Gasteiger partial charge in [-0.2, -0.15) is 13.2 Å². The first-order chi connectivity index (χ1) is 11.5. The predicted molar refractivity (Wildman–Crippen MR) is 94.9 cm³/mol. The van der Waals surface area contributed by atoms with Gasteiger partial charge >= 0.3 is 12.1 Å². The van der Waals surface area contributed by atoms with Crippen LogP contribution in [0.2, 0.25) is 0 Å². The number of fused-ring (bicyclic) bond motifs is 1. The van der Waals surface area contributed by atoms with Gasteiger partial charge in [0.05, 0.1) is 24.8 Å². The summed E-state index contributed by atoms with van der Waals surface area (Å²) in [5.74, 6) is -2.38. The molecule has 0 saturated heterocycles. The van der Waals surface area contributed by atoms with Crippen molar-refractivity contribution in [3.8, 4) is 11.4 Å². The van der Waals surface area contributed by atoms with Crippen LogP contribution in [-0.2, 0) is 4.79 Å². The smallest absolute Gasteiger partial charge is 0.475 e. The van der Waals surface area contributed by atoms with Gasteiger partial charge < -0.3 is 20.8 Å². The fraction of sp³-hybridized carbons (Fsp3) is 0.0833. The van der Waals surface area contributed by atoms with Crippen LogP contribution in [0.4, 0.5) is 19.1 Å². The van der Waals surface area contributed by atoms with Crippen LogP contribution >= 0.6 is 47.8 Å². The summed E-state index contributed by atoms with van der Waals surface area (Å²) >= 11 is 10.4. The van der Waals surface area contributed by atoms with Crippen LogP contribution in [0.25, 0.3) is 22.4 Å². The zero-order valence-electron chi connectivity index (χ0n) is 11.7. The summed E-state index contributed by atoms with van der Waals surface area (Å²) in [5, 5.41) is 7.12. The number of halogens is 6. The number of carboxylic acids is 1. The van der Waals surface area contributed by atoms with E-state index in [9.17, 15) is 13.2 Å². The molecule has 0 radical (unpaired) electrons. The highest BCUT2D eigenvalue weighted by Gasteiger charge is 2.38. The van der Waals surface area contributed by atoms with Gasteiger partial charge in [0.25, 0.3) is 0 Å². The number of anilines is 1. The summed E-state index contributed by atoms with van der Waals surface area (Å²) in [6, 6.07) is 1.84. The van der Waals surface area contributed by atoms with E-state index in [-0.39, 0.29) is 0 Å². The summed E-state index contributed by atoms with van der Waals surface area (Å²) in [7, 11) is 0. The third kappa shape index (κ3) is 4.33. The second kappa shape index (κ2) is 7.33. The molecule has 0 aromatic carbocycles. The third-order valence-electron chi connectivity index (χ3n) is 2.74. The molecule has 0 spiro atoms. The molecule has 3 heterocycles. The maximum absolute atomic E-state index is 10.6. The Hall–Kier alpha value is -1.60. The number of nitrogens with one attached hydrogen (secondary N) is 2. The standard InChI is InChI=1S/C10H6Br3N5.C2HF3O2/c11-4-5(12)9(13)17-7(4)8-6-3(1-2-15-8)16-10(14)18-6;3-2(4,5)1(6)7/h1-2,17H,(H3,14,16,18);(H,6,7). The van der Waals surface area contributed by atoms with Crippen LogP contribution < -0.4 is 5.73 Å². The maximum Gasteiger partial charge on any atom is 0.490 e. The molecule has 0 saturated carbocycles. The molecule has 0 amide bonds. The fourth-order valence-electron chi connectivity index (χ4n) is 1.73. The number of imidazole rings is 1. The molecule has 0 unspecified atom stereocenters. The van der Waals surface area contributed by atoms with Gasteiger partial charge in [-0.25, -0.2) is 9.78 Å². The van der Waals surface area contributed by atoms with Crippen molar-refractivity contribution in [2.45, 2.75) is 6.18 Å². The zero-order valence-corrected chi connectivity index (χ0v) is 16.5. The molecule has 0 fully saturated rings. The number of nitrogens with two attached hydrogens (primary N) is 1. The second-order valence-corrected chi connectivity index (χ2v) is 6.80. The number of carboxylic acid groups (broad SMARTS) is 1. The first kappa shape index (κ1) is 19.7. The molecule has 3 aromatic rings. The van der Waals surface area contributed by atoms with E-state index < -0.39 is 12.1 Å². The maximum atomic E-state index is 10.6. The molecule has 134 valence electrons. The molecule has 0 aliphatic carbocycles. The first-order valence-corrected chi connectivity index (χ1v) is 8.53. The molecule has 0 aliphatic heterocycles. The number of alkyl halides is 3. The fourth-order valence-corrected chi connectivity index (χ4v) is 3.17. The van der Waals surface area contributed by atoms with Crippen molar-refractivity contribution >= 4 is 70.7 Å². The topological polar surface area (TPSA) is 121 Å². The van der Waals surface area contributed by atoms with Crippen molar-refractivity contribution in [1.82, 2.24) is 19.9 Å². The van der Waals surface area contributed by atoms with E-state index in [1.54, 1.807) is 6.20 Å². The predicted octanol–water partition coefficient (Wildman–Crippen LogP) is 4.46. The van der Waals surface area contributed by atoms with Gasteiger partial charge in [0, 0.05) is 6.20 Å². The Morgan fingerprint density at radius 1 is 1.20 bits per heavy atom. The van der Waals surface area contributed by atoms with E-state index in [1.165, 1.54) is 0 Å². The van der Waals surface area contributed by atoms with Crippen molar-refractivity contribution in [3.05, 3.63) is 25.8 Å². The van der Waals surface area contributed by atoms with Gasteiger partial charge in [0.2, 0.25) is 0 Å². The number of carbonyl (C=O) groups is 1. The lowest BCUT2D eigenvalue weighted by Crippen LogP contribution is -2.21. The van der Waals surface area contributed by atoms with E-state index in [0.717, 1.165) is 36.0 Å². The van der Waals surface area contributed by atoms with Crippen LogP contribution in [0.3, 0.4) is 0 Å². The average molecular weight is 550 g/mol.